The minimum Gasteiger partial charge on any atom is -0.337 e. The standard InChI is InChI=1S/C15H17ClN4/c16-15-9-13(10-17)3-4-14(15)11-18-5-1-2-7-20-8-6-19-12-20/h3-4,6,8-9,12,18H,1-2,5,7,11H2. The molecular formula is C15H17ClN4. The molecule has 5 heteroatoms. The largest absolute Gasteiger partial charge is 0.337 e. The molecule has 2 aromatic rings. The van der Waals surface area contributed by atoms with Gasteiger partial charge in [0.15, 0.2) is 0 Å². The topological polar surface area (TPSA) is 53.6 Å². The van der Waals surface area contributed by atoms with Gasteiger partial charge >= 0.3 is 0 Å². The third-order valence-corrected chi connectivity index (χ3v) is 3.43. The fraction of sp³-hybridized carbons (Fsp3) is 0.333. The van der Waals surface area contributed by atoms with Crippen LogP contribution in [0.5, 0.6) is 0 Å². The van der Waals surface area contributed by atoms with E-state index in [1.807, 2.05) is 18.6 Å². The molecule has 0 atom stereocenters. The van der Waals surface area contributed by atoms with Crippen LogP contribution in [0.15, 0.2) is 36.9 Å². The molecule has 1 heterocycles. The summed E-state index contributed by atoms with van der Waals surface area (Å²) in [6.07, 6.45) is 7.83. The maximum absolute atomic E-state index is 8.77. The average molecular weight is 289 g/mol. The smallest absolute Gasteiger partial charge is 0.0992 e. The monoisotopic (exact) mass is 288 g/mol. The van der Waals surface area contributed by atoms with Crippen LogP contribution in [-0.4, -0.2) is 16.1 Å². The van der Waals surface area contributed by atoms with Crippen LogP contribution in [0.4, 0.5) is 0 Å². The minimum atomic E-state index is 0.596. The fourth-order valence-electron chi connectivity index (χ4n) is 1.95. The van der Waals surface area contributed by atoms with Gasteiger partial charge in [0.1, 0.15) is 0 Å². The molecule has 0 spiro atoms. The van der Waals surface area contributed by atoms with E-state index in [4.69, 9.17) is 16.9 Å². The summed E-state index contributed by atoms with van der Waals surface area (Å²) in [7, 11) is 0. The molecule has 0 aliphatic carbocycles. The van der Waals surface area contributed by atoms with E-state index in [1.54, 1.807) is 18.3 Å². The zero-order chi connectivity index (χ0) is 14.2. The highest BCUT2D eigenvalue weighted by Crippen LogP contribution is 2.17. The highest BCUT2D eigenvalue weighted by Gasteiger charge is 2.01. The first-order valence-corrected chi connectivity index (χ1v) is 7.02. The van der Waals surface area contributed by atoms with Crippen LogP contribution in [0.3, 0.4) is 0 Å². The highest BCUT2D eigenvalue weighted by atomic mass is 35.5. The maximum atomic E-state index is 8.77. The number of aromatic nitrogens is 2. The molecule has 0 aliphatic heterocycles. The van der Waals surface area contributed by atoms with E-state index in [9.17, 15) is 0 Å². The summed E-state index contributed by atoms with van der Waals surface area (Å²) in [4.78, 5) is 4.01. The molecule has 4 nitrogen and oxygen atoms in total. The second kappa shape index (κ2) is 7.68. The van der Waals surface area contributed by atoms with Crippen molar-refractivity contribution in [1.82, 2.24) is 14.9 Å². The second-order valence-corrected chi connectivity index (χ2v) is 5.01. The Bertz CT molecular complexity index is 572. The van der Waals surface area contributed by atoms with E-state index in [-0.39, 0.29) is 0 Å². The van der Waals surface area contributed by atoms with Crippen molar-refractivity contribution in [2.24, 2.45) is 0 Å². The number of hydrogen-bond acceptors (Lipinski definition) is 3. The van der Waals surface area contributed by atoms with E-state index in [0.29, 0.717) is 10.6 Å². The summed E-state index contributed by atoms with van der Waals surface area (Å²) in [6, 6.07) is 7.48. The number of imidazole rings is 1. The van der Waals surface area contributed by atoms with Gasteiger partial charge in [-0.05, 0) is 37.1 Å². The van der Waals surface area contributed by atoms with Crippen molar-refractivity contribution in [3.63, 3.8) is 0 Å². The molecule has 0 saturated carbocycles. The Morgan fingerprint density at radius 2 is 2.25 bits per heavy atom. The van der Waals surface area contributed by atoms with E-state index in [2.05, 4.69) is 20.9 Å². The maximum Gasteiger partial charge on any atom is 0.0992 e. The van der Waals surface area contributed by atoms with Crippen LogP contribution in [0.25, 0.3) is 0 Å². The normalized spacial score (nSPS) is 10.4. The molecule has 20 heavy (non-hydrogen) atoms. The van der Waals surface area contributed by atoms with Crippen molar-refractivity contribution in [1.29, 1.82) is 5.26 Å². The molecule has 0 amide bonds. The number of halogens is 1. The van der Waals surface area contributed by atoms with Crippen molar-refractivity contribution >= 4 is 11.6 Å². The number of nitriles is 1. The number of nitrogens with one attached hydrogen (secondary N) is 1. The predicted molar refractivity (Wildman–Crippen MR) is 79.3 cm³/mol. The summed E-state index contributed by atoms with van der Waals surface area (Å²) < 4.78 is 2.08. The molecule has 1 N–H and O–H groups in total. The zero-order valence-corrected chi connectivity index (χ0v) is 12.0. The number of benzene rings is 1. The van der Waals surface area contributed by atoms with E-state index < -0.39 is 0 Å². The third kappa shape index (κ3) is 4.37. The molecule has 0 saturated heterocycles. The Balaban J connectivity index is 1.65. The molecule has 104 valence electrons. The number of unbranched alkanes of at least 4 members (excludes halogenated alkanes) is 1. The molecule has 0 unspecified atom stereocenters. The predicted octanol–water partition coefficient (Wildman–Crippen LogP) is 2.98. The van der Waals surface area contributed by atoms with Crippen LogP contribution in [0, 0.1) is 11.3 Å². The summed E-state index contributed by atoms with van der Waals surface area (Å²) in [5.74, 6) is 0. The van der Waals surface area contributed by atoms with Crippen LogP contribution < -0.4 is 5.32 Å². The van der Waals surface area contributed by atoms with Gasteiger partial charge in [0, 0.05) is 30.5 Å². The molecule has 0 fully saturated rings. The Kier molecular flexibility index (Phi) is 5.60. The van der Waals surface area contributed by atoms with Gasteiger partial charge < -0.3 is 9.88 Å². The van der Waals surface area contributed by atoms with Gasteiger partial charge in [-0.3, -0.25) is 0 Å². The minimum absolute atomic E-state index is 0.596. The molecule has 0 aliphatic rings. The highest BCUT2D eigenvalue weighted by molar-refractivity contribution is 6.31. The Morgan fingerprint density at radius 3 is 2.95 bits per heavy atom. The summed E-state index contributed by atoms with van der Waals surface area (Å²) in [6.45, 7) is 2.68. The number of hydrogen-bond donors (Lipinski definition) is 1. The third-order valence-electron chi connectivity index (χ3n) is 3.08. The molecule has 0 radical (unpaired) electrons. The van der Waals surface area contributed by atoms with E-state index in [1.165, 1.54) is 0 Å². The second-order valence-electron chi connectivity index (χ2n) is 4.60. The first-order chi connectivity index (χ1) is 9.79. The van der Waals surface area contributed by atoms with Crippen molar-refractivity contribution in [2.45, 2.75) is 25.9 Å². The number of aryl methyl sites for hydroxylation is 1. The fourth-order valence-corrected chi connectivity index (χ4v) is 2.19. The number of nitrogens with zero attached hydrogens (tertiary/aromatic N) is 3. The SMILES string of the molecule is N#Cc1ccc(CNCCCCn2ccnc2)c(Cl)c1. The average Bonchev–Trinajstić information content (AvgIpc) is 2.97. The first kappa shape index (κ1) is 14.6. The Labute approximate surface area is 124 Å². The Morgan fingerprint density at radius 1 is 1.35 bits per heavy atom. The summed E-state index contributed by atoms with van der Waals surface area (Å²) in [5.41, 5.74) is 1.62. The lowest BCUT2D eigenvalue weighted by Crippen LogP contribution is -2.15. The van der Waals surface area contributed by atoms with E-state index in [0.717, 1.165) is 38.0 Å². The summed E-state index contributed by atoms with van der Waals surface area (Å²) >= 11 is 6.11. The van der Waals surface area contributed by atoms with Crippen molar-refractivity contribution in [3.8, 4) is 6.07 Å². The van der Waals surface area contributed by atoms with Crippen LogP contribution in [-0.2, 0) is 13.1 Å². The van der Waals surface area contributed by atoms with Gasteiger partial charge in [-0.1, -0.05) is 17.7 Å². The van der Waals surface area contributed by atoms with Gasteiger partial charge in [0.05, 0.1) is 18.0 Å². The quantitative estimate of drug-likeness (QED) is 0.797. The van der Waals surface area contributed by atoms with Crippen molar-refractivity contribution in [2.75, 3.05) is 6.54 Å². The Hall–Kier alpha value is -1.83. The molecule has 1 aromatic carbocycles. The van der Waals surface area contributed by atoms with Crippen LogP contribution in [0.1, 0.15) is 24.0 Å². The van der Waals surface area contributed by atoms with Crippen LogP contribution in [0.2, 0.25) is 5.02 Å². The first-order valence-electron chi connectivity index (χ1n) is 6.64. The van der Waals surface area contributed by atoms with Crippen molar-refractivity contribution in [3.05, 3.63) is 53.1 Å². The summed E-state index contributed by atoms with van der Waals surface area (Å²) in [5, 5.41) is 12.8. The van der Waals surface area contributed by atoms with Crippen LogP contribution >= 0.6 is 11.6 Å². The van der Waals surface area contributed by atoms with Crippen molar-refractivity contribution < 1.29 is 0 Å². The van der Waals surface area contributed by atoms with Gasteiger partial charge in [0.2, 0.25) is 0 Å². The van der Waals surface area contributed by atoms with Gasteiger partial charge in [-0.2, -0.15) is 5.26 Å². The van der Waals surface area contributed by atoms with E-state index >= 15 is 0 Å². The van der Waals surface area contributed by atoms with Gasteiger partial charge in [-0.25, -0.2) is 4.98 Å². The lowest BCUT2D eigenvalue weighted by atomic mass is 10.1. The lowest BCUT2D eigenvalue weighted by Gasteiger charge is -2.07. The molecular weight excluding hydrogens is 272 g/mol. The van der Waals surface area contributed by atoms with Gasteiger partial charge in [-0.15, -0.1) is 0 Å². The van der Waals surface area contributed by atoms with Gasteiger partial charge in [0.25, 0.3) is 0 Å². The zero-order valence-electron chi connectivity index (χ0n) is 11.2. The lowest BCUT2D eigenvalue weighted by molar-refractivity contribution is 0.568. The molecule has 1 aromatic heterocycles. The number of rotatable bonds is 7. The molecule has 0 bridgehead atoms. The molecule has 2 rings (SSSR count).